The highest BCUT2D eigenvalue weighted by Crippen LogP contribution is 1.96. The second-order valence-corrected chi connectivity index (χ2v) is 3.47. The number of hydrogen-bond acceptors (Lipinski definition) is 3. The van der Waals surface area contributed by atoms with E-state index in [0.717, 1.165) is 5.69 Å². The van der Waals surface area contributed by atoms with E-state index in [2.05, 4.69) is 15.2 Å². The molecule has 0 saturated carbocycles. The van der Waals surface area contributed by atoms with Crippen molar-refractivity contribution in [3.05, 3.63) is 45.3 Å². The van der Waals surface area contributed by atoms with Crippen LogP contribution in [0.5, 0.6) is 0 Å². The molecule has 2 rings (SSSR count). The third-order valence-electron chi connectivity index (χ3n) is 2.08. The van der Waals surface area contributed by atoms with Gasteiger partial charge in [0.2, 0.25) is 0 Å². The van der Waals surface area contributed by atoms with Crippen molar-refractivity contribution in [3.8, 4) is 0 Å². The van der Waals surface area contributed by atoms with Crippen molar-refractivity contribution in [1.82, 2.24) is 19.7 Å². The number of aromatic nitrogens is 4. The molecule has 0 aromatic carbocycles. The van der Waals surface area contributed by atoms with Crippen molar-refractivity contribution in [2.45, 2.75) is 13.0 Å². The van der Waals surface area contributed by atoms with E-state index in [4.69, 9.17) is 12.2 Å². The van der Waals surface area contributed by atoms with Gasteiger partial charge in [0.05, 0.1) is 0 Å². The molecule has 2 N–H and O–H groups in total. The Morgan fingerprint density at radius 2 is 2.27 bits per heavy atom. The van der Waals surface area contributed by atoms with Gasteiger partial charge in [0, 0.05) is 24.9 Å². The van der Waals surface area contributed by atoms with Crippen LogP contribution in [0.25, 0.3) is 0 Å². The molecule has 0 amide bonds. The molecule has 0 saturated heterocycles. The fourth-order valence-corrected chi connectivity index (χ4v) is 1.53. The number of pyridine rings is 1. The summed E-state index contributed by atoms with van der Waals surface area (Å²) in [4.78, 5) is 15.4. The van der Waals surface area contributed by atoms with E-state index in [9.17, 15) is 4.79 Å². The Labute approximate surface area is 90.8 Å². The Morgan fingerprint density at radius 1 is 1.40 bits per heavy atom. The molecule has 0 aliphatic carbocycles. The van der Waals surface area contributed by atoms with Gasteiger partial charge in [0.15, 0.2) is 4.77 Å². The Bertz CT molecular complexity index is 511. The molecular weight excluding hydrogens is 212 g/mol. The molecule has 2 aromatic heterocycles. The van der Waals surface area contributed by atoms with Crippen molar-refractivity contribution in [2.75, 3.05) is 0 Å². The number of rotatable bonds is 3. The predicted molar refractivity (Wildman–Crippen MR) is 58.2 cm³/mol. The van der Waals surface area contributed by atoms with Gasteiger partial charge in [-0.1, -0.05) is 6.07 Å². The molecule has 6 heteroatoms. The van der Waals surface area contributed by atoms with Crippen LogP contribution in [0, 0.1) is 4.77 Å². The summed E-state index contributed by atoms with van der Waals surface area (Å²) in [6, 6.07) is 5.70. The molecule has 0 radical (unpaired) electrons. The quantitative estimate of drug-likeness (QED) is 0.757. The molecule has 0 unspecified atom stereocenters. The van der Waals surface area contributed by atoms with Crippen LogP contribution >= 0.6 is 12.2 Å². The summed E-state index contributed by atoms with van der Waals surface area (Å²) in [5.41, 5.74) is 0.732. The first-order valence-corrected chi connectivity index (χ1v) is 4.95. The minimum atomic E-state index is -0.212. The van der Waals surface area contributed by atoms with Gasteiger partial charge >= 0.3 is 5.69 Å². The molecule has 0 aliphatic rings. The maximum Gasteiger partial charge on any atom is 0.342 e. The van der Waals surface area contributed by atoms with Gasteiger partial charge < -0.3 is 0 Å². The molecule has 2 aromatic rings. The molecular formula is C9H10N4OS. The predicted octanol–water partition coefficient (Wildman–Crippen LogP) is 0.872. The van der Waals surface area contributed by atoms with Crippen molar-refractivity contribution in [1.29, 1.82) is 0 Å². The summed E-state index contributed by atoms with van der Waals surface area (Å²) in [6.45, 7) is 0.536. The lowest BCUT2D eigenvalue weighted by Gasteiger charge is -1.99. The van der Waals surface area contributed by atoms with Crippen molar-refractivity contribution in [2.24, 2.45) is 0 Å². The van der Waals surface area contributed by atoms with Crippen molar-refractivity contribution in [3.63, 3.8) is 0 Å². The third kappa shape index (κ3) is 2.21. The van der Waals surface area contributed by atoms with E-state index in [1.807, 2.05) is 18.2 Å². The molecule has 0 atom stereocenters. The Kier molecular flexibility index (Phi) is 2.77. The van der Waals surface area contributed by atoms with Gasteiger partial charge in [0.25, 0.3) is 0 Å². The zero-order valence-electron chi connectivity index (χ0n) is 7.93. The Morgan fingerprint density at radius 3 is 2.87 bits per heavy atom. The van der Waals surface area contributed by atoms with E-state index in [0.29, 0.717) is 17.7 Å². The minimum Gasteiger partial charge on any atom is -0.272 e. The average Bonchev–Trinajstić information content (AvgIpc) is 2.58. The summed E-state index contributed by atoms with van der Waals surface area (Å²) < 4.78 is 1.89. The highest BCUT2D eigenvalue weighted by atomic mass is 32.1. The van der Waals surface area contributed by atoms with Gasteiger partial charge in [-0.3, -0.25) is 14.6 Å². The minimum absolute atomic E-state index is 0.212. The zero-order valence-corrected chi connectivity index (χ0v) is 8.75. The van der Waals surface area contributed by atoms with Gasteiger partial charge in [-0.25, -0.2) is 9.89 Å². The van der Waals surface area contributed by atoms with Crippen LogP contribution in [-0.2, 0) is 13.0 Å². The smallest absolute Gasteiger partial charge is 0.272 e. The molecule has 15 heavy (non-hydrogen) atoms. The number of aromatic amines is 2. The molecule has 0 spiro atoms. The first-order valence-electron chi connectivity index (χ1n) is 4.55. The molecule has 78 valence electrons. The first kappa shape index (κ1) is 9.85. The fraction of sp³-hybridized carbons (Fsp3) is 0.222. The third-order valence-corrected chi connectivity index (χ3v) is 2.41. The van der Waals surface area contributed by atoms with E-state index in [1.54, 1.807) is 6.20 Å². The van der Waals surface area contributed by atoms with Crippen LogP contribution in [0.1, 0.15) is 5.69 Å². The molecule has 0 fully saturated rings. The van der Waals surface area contributed by atoms with Crippen LogP contribution in [0.15, 0.2) is 29.2 Å². The topological polar surface area (TPSA) is 66.5 Å². The van der Waals surface area contributed by atoms with Crippen LogP contribution in [0.2, 0.25) is 0 Å². The van der Waals surface area contributed by atoms with Crippen molar-refractivity contribution < 1.29 is 0 Å². The number of H-pyrrole nitrogens is 2. The van der Waals surface area contributed by atoms with E-state index in [1.165, 1.54) is 4.57 Å². The first-order chi connectivity index (χ1) is 7.27. The van der Waals surface area contributed by atoms with Crippen LogP contribution in [0.4, 0.5) is 0 Å². The lowest BCUT2D eigenvalue weighted by atomic mass is 10.3. The number of hydrogen-bond donors (Lipinski definition) is 2. The normalized spacial score (nSPS) is 10.4. The number of aryl methyl sites for hydroxylation is 1. The van der Waals surface area contributed by atoms with Crippen LogP contribution in [0.3, 0.4) is 0 Å². The standard InChI is InChI=1S/C9H10N4OS/c14-8-11-12-9(15)13(8)6-4-7-3-1-2-5-10-7/h1-3,5H,4,6H2,(H,11,14)(H,12,15). The Hall–Kier alpha value is -1.69. The summed E-state index contributed by atoms with van der Waals surface area (Å²) in [5, 5.41) is 5.02. The maximum absolute atomic E-state index is 11.3. The van der Waals surface area contributed by atoms with Gasteiger partial charge in [-0.05, 0) is 24.4 Å². The Balaban J connectivity index is 2.12. The van der Waals surface area contributed by atoms with Gasteiger partial charge in [-0.2, -0.15) is 0 Å². The van der Waals surface area contributed by atoms with Crippen LogP contribution in [-0.4, -0.2) is 19.7 Å². The molecule has 2 heterocycles. The van der Waals surface area contributed by atoms with E-state index < -0.39 is 0 Å². The van der Waals surface area contributed by atoms with E-state index in [-0.39, 0.29) is 5.69 Å². The molecule has 5 nitrogen and oxygen atoms in total. The zero-order chi connectivity index (χ0) is 10.7. The fourth-order valence-electron chi connectivity index (χ4n) is 1.31. The summed E-state index contributed by atoms with van der Waals surface area (Å²) in [7, 11) is 0. The average molecular weight is 222 g/mol. The highest BCUT2D eigenvalue weighted by molar-refractivity contribution is 7.71. The SMILES string of the molecule is O=c1[nH][nH]c(=S)n1CCc1ccccn1. The maximum atomic E-state index is 11.3. The monoisotopic (exact) mass is 222 g/mol. The summed E-state index contributed by atoms with van der Waals surface area (Å²) in [5.74, 6) is 0. The largest absolute Gasteiger partial charge is 0.342 e. The highest BCUT2D eigenvalue weighted by Gasteiger charge is 2.00. The number of nitrogens with zero attached hydrogens (tertiary/aromatic N) is 2. The summed E-state index contributed by atoms with van der Waals surface area (Å²) in [6.07, 6.45) is 2.42. The second-order valence-electron chi connectivity index (χ2n) is 3.08. The molecule has 0 aliphatic heterocycles. The second kappa shape index (κ2) is 4.22. The lowest BCUT2D eigenvalue weighted by Crippen LogP contribution is -2.18. The lowest BCUT2D eigenvalue weighted by molar-refractivity contribution is 0.654. The molecule has 0 bridgehead atoms. The van der Waals surface area contributed by atoms with Gasteiger partial charge in [0.1, 0.15) is 0 Å². The number of nitrogens with one attached hydrogen (secondary N) is 2. The van der Waals surface area contributed by atoms with Gasteiger partial charge in [-0.15, -0.1) is 0 Å². The summed E-state index contributed by atoms with van der Waals surface area (Å²) >= 11 is 4.94. The van der Waals surface area contributed by atoms with Crippen LogP contribution < -0.4 is 5.69 Å². The van der Waals surface area contributed by atoms with E-state index >= 15 is 0 Å². The van der Waals surface area contributed by atoms with Crippen molar-refractivity contribution >= 4 is 12.2 Å².